The average molecular weight is 173 g/mol. The van der Waals surface area contributed by atoms with Gasteiger partial charge < -0.3 is 5.73 Å². The van der Waals surface area contributed by atoms with Crippen LogP contribution in [-0.4, -0.2) is 16.5 Å². The van der Waals surface area contributed by atoms with Crippen molar-refractivity contribution in [3.05, 3.63) is 23.8 Å². The molecular formula is C10H11N3. The predicted molar refractivity (Wildman–Crippen MR) is 49.9 cm³/mol. The van der Waals surface area contributed by atoms with Crippen molar-refractivity contribution in [3.63, 3.8) is 0 Å². The van der Waals surface area contributed by atoms with Gasteiger partial charge in [-0.15, -0.1) is 0 Å². The van der Waals surface area contributed by atoms with Gasteiger partial charge in [-0.1, -0.05) is 5.92 Å². The van der Waals surface area contributed by atoms with Gasteiger partial charge in [-0.25, -0.2) is 9.97 Å². The second-order valence-corrected chi connectivity index (χ2v) is 3.11. The van der Waals surface area contributed by atoms with E-state index in [9.17, 15) is 0 Å². The monoisotopic (exact) mass is 173 g/mol. The first-order valence-corrected chi connectivity index (χ1v) is 4.41. The van der Waals surface area contributed by atoms with Crippen molar-refractivity contribution in [2.75, 3.05) is 6.54 Å². The summed E-state index contributed by atoms with van der Waals surface area (Å²) in [5.41, 5.74) is 7.17. The fourth-order valence-corrected chi connectivity index (χ4v) is 1.18. The second-order valence-electron chi connectivity index (χ2n) is 3.11. The average Bonchev–Trinajstić information content (AvgIpc) is 2.98. The van der Waals surface area contributed by atoms with E-state index in [0.29, 0.717) is 12.5 Å². The van der Waals surface area contributed by atoms with E-state index in [1.165, 1.54) is 12.8 Å². The van der Waals surface area contributed by atoms with Crippen molar-refractivity contribution in [1.82, 2.24) is 9.97 Å². The molecule has 0 bridgehead atoms. The minimum Gasteiger partial charge on any atom is -0.320 e. The van der Waals surface area contributed by atoms with Crippen LogP contribution in [0.15, 0.2) is 12.4 Å². The van der Waals surface area contributed by atoms with Crippen LogP contribution < -0.4 is 5.73 Å². The first-order valence-electron chi connectivity index (χ1n) is 4.41. The molecule has 2 rings (SSSR count). The van der Waals surface area contributed by atoms with Crippen LogP contribution in [0.25, 0.3) is 0 Å². The van der Waals surface area contributed by atoms with Crippen LogP contribution >= 0.6 is 0 Å². The molecule has 1 saturated carbocycles. The van der Waals surface area contributed by atoms with Crippen molar-refractivity contribution in [2.24, 2.45) is 5.73 Å². The highest BCUT2D eigenvalue weighted by Crippen LogP contribution is 2.38. The standard InChI is InChI=1S/C10H11N3/c11-5-1-2-9-6-10(8-3-4-8)13-7-12-9/h6-8H,3-5,11H2. The maximum Gasteiger partial charge on any atom is 0.117 e. The van der Waals surface area contributed by atoms with Crippen LogP contribution in [0.2, 0.25) is 0 Å². The lowest BCUT2D eigenvalue weighted by atomic mass is 10.2. The molecule has 0 amide bonds. The minimum absolute atomic E-state index is 0.378. The molecule has 0 radical (unpaired) electrons. The third-order valence-corrected chi connectivity index (χ3v) is 2.00. The maximum absolute atomic E-state index is 5.27. The Labute approximate surface area is 77.4 Å². The van der Waals surface area contributed by atoms with Crippen molar-refractivity contribution < 1.29 is 0 Å². The third-order valence-electron chi connectivity index (χ3n) is 2.00. The van der Waals surface area contributed by atoms with Gasteiger partial charge >= 0.3 is 0 Å². The Hall–Kier alpha value is -1.40. The van der Waals surface area contributed by atoms with Crippen LogP contribution in [0.1, 0.15) is 30.1 Å². The smallest absolute Gasteiger partial charge is 0.117 e. The molecule has 13 heavy (non-hydrogen) atoms. The molecule has 1 aliphatic carbocycles. The summed E-state index contributed by atoms with van der Waals surface area (Å²) in [6.07, 6.45) is 4.08. The molecule has 0 spiro atoms. The topological polar surface area (TPSA) is 51.8 Å². The highest BCUT2D eigenvalue weighted by molar-refractivity contribution is 5.30. The lowest BCUT2D eigenvalue weighted by Gasteiger charge is -1.95. The van der Waals surface area contributed by atoms with E-state index < -0.39 is 0 Å². The number of hydrogen-bond acceptors (Lipinski definition) is 3. The molecule has 2 N–H and O–H groups in total. The van der Waals surface area contributed by atoms with E-state index in [1.54, 1.807) is 6.33 Å². The zero-order valence-corrected chi connectivity index (χ0v) is 7.33. The van der Waals surface area contributed by atoms with Gasteiger partial charge in [-0.05, 0) is 24.8 Å². The predicted octanol–water partition coefficient (Wildman–Crippen LogP) is 0.664. The summed E-state index contributed by atoms with van der Waals surface area (Å²) >= 11 is 0. The normalized spacial score (nSPS) is 14.8. The molecule has 0 unspecified atom stereocenters. The van der Waals surface area contributed by atoms with Gasteiger partial charge in [0.1, 0.15) is 12.0 Å². The number of rotatable bonds is 1. The van der Waals surface area contributed by atoms with Crippen molar-refractivity contribution in [3.8, 4) is 11.8 Å². The Morgan fingerprint density at radius 3 is 3.00 bits per heavy atom. The van der Waals surface area contributed by atoms with Crippen molar-refractivity contribution in [1.29, 1.82) is 0 Å². The minimum atomic E-state index is 0.378. The van der Waals surface area contributed by atoms with Crippen molar-refractivity contribution in [2.45, 2.75) is 18.8 Å². The lowest BCUT2D eigenvalue weighted by Crippen LogP contribution is -1.95. The Bertz CT molecular complexity index is 358. The molecule has 1 heterocycles. The summed E-state index contributed by atoms with van der Waals surface area (Å²) in [6.45, 7) is 0.378. The van der Waals surface area contributed by atoms with Crippen molar-refractivity contribution >= 4 is 0 Å². The van der Waals surface area contributed by atoms with Gasteiger partial charge in [0.25, 0.3) is 0 Å². The summed E-state index contributed by atoms with van der Waals surface area (Å²) < 4.78 is 0. The molecule has 1 aromatic rings. The van der Waals surface area contributed by atoms with E-state index in [-0.39, 0.29) is 0 Å². The van der Waals surface area contributed by atoms with Gasteiger partial charge in [0.2, 0.25) is 0 Å². The number of nitrogens with two attached hydrogens (primary N) is 1. The Kier molecular flexibility index (Phi) is 2.24. The molecule has 3 heteroatoms. The molecule has 0 saturated heterocycles. The van der Waals surface area contributed by atoms with Crippen LogP contribution in [0, 0.1) is 11.8 Å². The zero-order valence-electron chi connectivity index (χ0n) is 7.33. The first-order chi connectivity index (χ1) is 6.40. The zero-order chi connectivity index (χ0) is 9.10. The fourth-order valence-electron chi connectivity index (χ4n) is 1.18. The largest absolute Gasteiger partial charge is 0.320 e. The fraction of sp³-hybridized carbons (Fsp3) is 0.400. The summed E-state index contributed by atoms with van der Waals surface area (Å²) in [5.74, 6) is 6.33. The van der Waals surface area contributed by atoms with Gasteiger partial charge in [0.15, 0.2) is 0 Å². The van der Waals surface area contributed by atoms with E-state index in [1.807, 2.05) is 6.07 Å². The first kappa shape index (κ1) is 8.21. The molecular weight excluding hydrogens is 162 g/mol. The van der Waals surface area contributed by atoms with E-state index >= 15 is 0 Å². The molecule has 1 fully saturated rings. The molecule has 1 aliphatic rings. The van der Waals surface area contributed by atoms with Crippen LogP contribution in [0.5, 0.6) is 0 Å². The quantitative estimate of drug-likeness (QED) is 0.635. The molecule has 66 valence electrons. The molecule has 1 aromatic heterocycles. The molecule has 0 aliphatic heterocycles. The van der Waals surface area contributed by atoms with Crippen LogP contribution in [-0.2, 0) is 0 Å². The summed E-state index contributed by atoms with van der Waals surface area (Å²) in [6, 6.07) is 1.96. The lowest BCUT2D eigenvalue weighted by molar-refractivity contribution is 0.980. The Balaban J connectivity index is 2.21. The van der Waals surface area contributed by atoms with Gasteiger partial charge in [-0.2, -0.15) is 0 Å². The highest BCUT2D eigenvalue weighted by atomic mass is 14.8. The van der Waals surface area contributed by atoms with E-state index in [4.69, 9.17) is 5.73 Å². The molecule has 0 atom stereocenters. The van der Waals surface area contributed by atoms with Gasteiger partial charge in [0, 0.05) is 11.6 Å². The summed E-state index contributed by atoms with van der Waals surface area (Å²) in [5, 5.41) is 0. The van der Waals surface area contributed by atoms with Crippen LogP contribution in [0.3, 0.4) is 0 Å². The van der Waals surface area contributed by atoms with Gasteiger partial charge in [-0.3, -0.25) is 0 Å². The van der Waals surface area contributed by atoms with Gasteiger partial charge in [0.05, 0.1) is 6.54 Å². The number of hydrogen-bond donors (Lipinski definition) is 1. The summed E-state index contributed by atoms with van der Waals surface area (Å²) in [7, 11) is 0. The summed E-state index contributed by atoms with van der Waals surface area (Å²) in [4.78, 5) is 8.25. The molecule has 0 aromatic carbocycles. The maximum atomic E-state index is 5.27. The second kappa shape index (κ2) is 3.55. The number of aromatic nitrogens is 2. The Morgan fingerprint density at radius 1 is 1.46 bits per heavy atom. The third kappa shape index (κ3) is 2.04. The highest BCUT2D eigenvalue weighted by Gasteiger charge is 2.24. The molecule has 3 nitrogen and oxygen atoms in total. The van der Waals surface area contributed by atoms with E-state index in [0.717, 1.165) is 11.4 Å². The SMILES string of the molecule is NCC#Cc1cc(C2CC2)ncn1. The Morgan fingerprint density at radius 2 is 2.31 bits per heavy atom. The number of nitrogens with zero attached hydrogens (tertiary/aromatic N) is 2. The van der Waals surface area contributed by atoms with Crippen LogP contribution in [0.4, 0.5) is 0 Å². The van der Waals surface area contributed by atoms with E-state index in [2.05, 4.69) is 21.8 Å².